The van der Waals surface area contributed by atoms with Gasteiger partial charge in [0, 0.05) is 11.6 Å². The Morgan fingerprint density at radius 1 is 1.03 bits per heavy atom. The van der Waals surface area contributed by atoms with Crippen LogP contribution >= 0.6 is 11.3 Å². The molecule has 1 aliphatic heterocycles. The van der Waals surface area contributed by atoms with Crippen molar-refractivity contribution in [1.82, 2.24) is 0 Å². The number of aliphatic imine (C=N–C) groups is 2. The molecule has 0 spiro atoms. The zero-order valence-electron chi connectivity index (χ0n) is 15.4. The van der Waals surface area contributed by atoms with Crippen molar-refractivity contribution < 1.29 is 13.2 Å². The normalized spacial score (nSPS) is 21.2. The van der Waals surface area contributed by atoms with Gasteiger partial charge in [-0.3, -0.25) is 4.99 Å². The SMILES string of the molecule is FC(F)(F)c1cccc(C2=CC3=NC(c4cccs4)=NC[C@H]3CC(C3=CC3)=C2)c1. The van der Waals surface area contributed by atoms with Gasteiger partial charge in [-0.05, 0) is 64.8 Å². The zero-order valence-corrected chi connectivity index (χ0v) is 16.2. The van der Waals surface area contributed by atoms with Crippen LogP contribution in [0.4, 0.5) is 13.2 Å². The fraction of sp³-hybridized carbons (Fsp3) is 0.217. The molecule has 29 heavy (non-hydrogen) atoms. The molecule has 0 amide bonds. The molecule has 5 rings (SSSR count). The fourth-order valence-corrected chi connectivity index (χ4v) is 4.37. The van der Waals surface area contributed by atoms with E-state index in [-0.39, 0.29) is 5.92 Å². The van der Waals surface area contributed by atoms with Crippen LogP contribution in [0.1, 0.15) is 28.8 Å². The third-order valence-electron chi connectivity index (χ3n) is 5.30. The number of hydrogen-bond donors (Lipinski definition) is 0. The average Bonchev–Trinajstić information content (AvgIpc) is 3.44. The molecule has 0 bridgehead atoms. The Kier molecular flexibility index (Phi) is 4.39. The third-order valence-corrected chi connectivity index (χ3v) is 6.17. The molecular formula is C23H17F3N2S. The van der Waals surface area contributed by atoms with E-state index in [1.54, 1.807) is 17.4 Å². The van der Waals surface area contributed by atoms with Crippen LogP contribution in [0.5, 0.6) is 0 Å². The van der Waals surface area contributed by atoms with Crippen LogP contribution in [-0.4, -0.2) is 18.1 Å². The summed E-state index contributed by atoms with van der Waals surface area (Å²) in [7, 11) is 0. The van der Waals surface area contributed by atoms with Gasteiger partial charge in [0.2, 0.25) is 0 Å². The van der Waals surface area contributed by atoms with Crippen LogP contribution in [0, 0.1) is 5.92 Å². The molecule has 6 heteroatoms. The summed E-state index contributed by atoms with van der Waals surface area (Å²) in [6, 6.07) is 9.48. The van der Waals surface area contributed by atoms with Gasteiger partial charge in [-0.2, -0.15) is 13.2 Å². The summed E-state index contributed by atoms with van der Waals surface area (Å²) in [5, 5.41) is 1.99. The van der Waals surface area contributed by atoms with Crippen molar-refractivity contribution in [2.45, 2.75) is 19.0 Å². The minimum Gasteiger partial charge on any atom is -0.265 e. The molecule has 2 nitrogen and oxygen atoms in total. The van der Waals surface area contributed by atoms with Gasteiger partial charge in [-0.25, -0.2) is 4.99 Å². The molecule has 0 fully saturated rings. The van der Waals surface area contributed by atoms with E-state index in [2.05, 4.69) is 11.1 Å². The molecule has 0 saturated heterocycles. The van der Waals surface area contributed by atoms with Crippen LogP contribution in [-0.2, 0) is 6.18 Å². The molecule has 1 aromatic heterocycles. The fourth-order valence-electron chi connectivity index (χ4n) is 3.69. The lowest BCUT2D eigenvalue weighted by atomic mass is 9.94. The number of nitrogens with zero attached hydrogens (tertiary/aromatic N) is 2. The minimum absolute atomic E-state index is 0.148. The Morgan fingerprint density at radius 2 is 1.90 bits per heavy atom. The molecule has 2 heterocycles. The topological polar surface area (TPSA) is 24.7 Å². The number of hydrogen-bond acceptors (Lipinski definition) is 3. The van der Waals surface area contributed by atoms with Crippen LogP contribution in [0.25, 0.3) is 5.57 Å². The van der Waals surface area contributed by atoms with E-state index in [4.69, 9.17) is 4.99 Å². The number of amidine groups is 1. The summed E-state index contributed by atoms with van der Waals surface area (Å²) in [4.78, 5) is 10.5. The molecule has 2 aliphatic carbocycles. The first-order valence-electron chi connectivity index (χ1n) is 9.43. The maximum atomic E-state index is 13.2. The molecule has 0 radical (unpaired) electrons. The Morgan fingerprint density at radius 3 is 2.62 bits per heavy atom. The number of rotatable bonds is 3. The number of benzene rings is 1. The molecule has 1 atom stereocenters. The second-order valence-electron chi connectivity index (χ2n) is 7.36. The summed E-state index contributed by atoms with van der Waals surface area (Å²) in [6.07, 6.45) is 3.52. The van der Waals surface area contributed by atoms with E-state index >= 15 is 0 Å². The summed E-state index contributed by atoms with van der Waals surface area (Å²) < 4.78 is 39.7. The van der Waals surface area contributed by atoms with Crippen molar-refractivity contribution in [3.8, 4) is 0 Å². The van der Waals surface area contributed by atoms with Gasteiger partial charge in [0.15, 0.2) is 5.84 Å². The quantitative estimate of drug-likeness (QED) is 0.565. The van der Waals surface area contributed by atoms with Crippen LogP contribution in [0.3, 0.4) is 0 Å². The van der Waals surface area contributed by atoms with E-state index in [1.165, 1.54) is 23.3 Å². The number of fused-ring (bicyclic) bond motifs is 1. The predicted octanol–water partition coefficient (Wildman–Crippen LogP) is 6.33. The van der Waals surface area contributed by atoms with Crippen molar-refractivity contribution in [1.29, 1.82) is 0 Å². The number of thiophene rings is 1. The van der Waals surface area contributed by atoms with Gasteiger partial charge in [-0.1, -0.05) is 30.4 Å². The summed E-state index contributed by atoms with van der Waals surface area (Å²) in [5.74, 6) is 0.856. The van der Waals surface area contributed by atoms with Gasteiger partial charge in [0.1, 0.15) is 0 Å². The largest absolute Gasteiger partial charge is 0.416 e. The van der Waals surface area contributed by atoms with Gasteiger partial charge >= 0.3 is 6.18 Å². The zero-order chi connectivity index (χ0) is 20.0. The highest BCUT2D eigenvalue weighted by atomic mass is 32.1. The standard InChI is InChI=1S/C23H17F3N2S/c24-23(25,26)19-4-1-3-15(11-19)17-9-16(14-6-7-14)10-18-13-27-22(28-20(18)12-17)21-5-2-8-29-21/h1-6,8-9,11-12,18H,7,10,13H2/t18-/m1/s1. The van der Waals surface area contributed by atoms with E-state index in [0.29, 0.717) is 17.9 Å². The molecule has 0 saturated carbocycles. The van der Waals surface area contributed by atoms with Crippen LogP contribution in [0.2, 0.25) is 0 Å². The average molecular weight is 410 g/mol. The number of halogens is 3. The Balaban J connectivity index is 1.59. The van der Waals surface area contributed by atoms with Crippen LogP contribution in [0.15, 0.2) is 81.1 Å². The van der Waals surface area contributed by atoms with E-state index in [9.17, 15) is 13.2 Å². The smallest absolute Gasteiger partial charge is 0.265 e. The van der Waals surface area contributed by atoms with Gasteiger partial charge in [0.25, 0.3) is 0 Å². The van der Waals surface area contributed by atoms with Crippen molar-refractivity contribution in [3.05, 3.63) is 87.2 Å². The van der Waals surface area contributed by atoms with E-state index in [0.717, 1.165) is 35.1 Å². The van der Waals surface area contributed by atoms with E-state index < -0.39 is 11.7 Å². The molecular weight excluding hydrogens is 393 g/mol. The van der Waals surface area contributed by atoms with Gasteiger partial charge < -0.3 is 0 Å². The summed E-state index contributed by atoms with van der Waals surface area (Å²) >= 11 is 1.59. The van der Waals surface area contributed by atoms with Crippen molar-refractivity contribution >= 4 is 28.5 Å². The highest BCUT2D eigenvalue weighted by Crippen LogP contribution is 2.39. The lowest BCUT2D eigenvalue weighted by Crippen LogP contribution is -2.22. The number of alkyl halides is 3. The molecule has 0 N–H and O–H groups in total. The van der Waals surface area contributed by atoms with Gasteiger partial charge in [0.05, 0.1) is 17.0 Å². The lowest BCUT2D eigenvalue weighted by Gasteiger charge is -2.19. The maximum Gasteiger partial charge on any atom is 0.416 e. The second kappa shape index (κ2) is 6.95. The lowest BCUT2D eigenvalue weighted by molar-refractivity contribution is -0.137. The molecule has 146 valence electrons. The number of allylic oxidation sites excluding steroid dienone is 6. The first-order valence-corrected chi connectivity index (χ1v) is 10.3. The minimum atomic E-state index is -4.36. The first kappa shape index (κ1) is 18.3. The van der Waals surface area contributed by atoms with Gasteiger partial charge in [-0.15, -0.1) is 11.3 Å². The monoisotopic (exact) mass is 410 g/mol. The van der Waals surface area contributed by atoms with Crippen molar-refractivity contribution in [3.63, 3.8) is 0 Å². The Labute approximate surface area is 170 Å². The predicted molar refractivity (Wildman–Crippen MR) is 111 cm³/mol. The maximum absolute atomic E-state index is 13.2. The first-order chi connectivity index (χ1) is 14.0. The molecule has 0 unspecified atom stereocenters. The highest BCUT2D eigenvalue weighted by molar-refractivity contribution is 7.12. The van der Waals surface area contributed by atoms with Crippen molar-refractivity contribution in [2.24, 2.45) is 15.9 Å². The summed E-state index contributed by atoms with van der Waals surface area (Å²) in [6.45, 7) is 0.642. The third kappa shape index (κ3) is 3.77. The second-order valence-corrected chi connectivity index (χ2v) is 8.31. The Hall–Kier alpha value is -2.73. The Bertz CT molecular complexity index is 1120. The van der Waals surface area contributed by atoms with Crippen LogP contribution < -0.4 is 0 Å². The van der Waals surface area contributed by atoms with E-state index in [1.807, 2.05) is 29.7 Å². The molecule has 3 aliphatic rings. The summed E-state index contributed by atoms with van der Waals surface area (Å²) in [5.41, 5.74) is 4.04. The molecule has 1 aromatic carbocycles. The highest BCUT2D eigenvalue weighted by Gasteiger charge is 2.31. The molecule has 2 aromatic rings. The van der Waals surface area contributed by atoms with Crippen molar-refractivity contribution in [2.75, 3.05) is 6.54 Å².